The Hall–Kier alpha value is -3.48. The topological polar surface area (TPSA) is 91.1 Å². The summed E-state index contributed by atoms with van der Waals surface area (Å²) in [6.07, 6.45) is -0.0547. The lowest BCUT2D eigenvalue weighted by Gasteiger charge is -2.07. The quantitative estimate of drug-likeness (QED) is 0.381. The van der Waals surface area contributed by atoms with Gasteiger partial charge < -0.3 is 4.98 Å². The van der Waals surface area contributed by atoms with Gasteiger partial charge in [0.2, 0.25) is 5.91 Å². The van der Waals surface area contributed by atoms with E-state index in [4.69, 9.17) is 0 Å². The minimum atomic E-state index is -0.940. The standard InChI is InChI=1S/C19H16FN3O3/c1-11-17(14-4-2-3-5-15(14)21-11)18(25)19(26)23-22-16(24)10-12-6-8-13(20)9-7-12/h2-9,21H,10H2,1H3,(H,22,24)(H,23,26). The van der Waals surface area contributed by atoms with Crippen LogP contribution in [0.3, 0.4) is 0 Å². The summed E-state index contributed by atoms with van der Waals surface area (Å²) < 4.78 is 12.8. The molecule has 3 rings (SSSR count). The highest BCUT2D eigenvalue weighted by molar-refractivity contribution is 6.45. The molecular formula is C19H16FN3O3. The molecule has 0 fully saturated rings. The highest BCUT2D eigenvalue weighted by Crippen LogP contribution is 2.22. The number of H-pyrrole nitrogens is 1. The number of hydrogen-bond donors (Lipinski definition) is 3. The van der Waals surface area contributed by atoms with Gasteiger partial charge in [-0.25, -0.2) is 4.39 Å². The zero-order valence-corrected chi connectivity index (χ0v) is 13.9. The first-order chi connectivity index (χ1) is 12.5. The van der Waals surface area contributed by atoms with Crippen molar-refractivity contribution in [1.82, 2.24) is 15.8 Å². The Morgan fingerprint density at radius 2 is 1.69 bits per heavy atom. The number of hydrogen-bond acceptors (Lipinski definition) is 3. The fourth-order valence-electron chi connectivity index (χ4n) is 2.70. The molecule has 7 heteroatoms. The van der Waals surface area contributed by atoms with E-state index in [0.717, 1.165) is 5.52 Å². The minimum absolute atomic E-state index is 0.0547. The summed E-state index contributed by atoms with van der Waals surface area (Å²) in [6.45, 7) is 1.70. The van der Waals surface area contributed by atoms with Crippen molar-refractivity contribution in [1.29, 1.82) is 0 Å². The average Bonchev–Trinajstić information content (AvgIpc) is 2.96. The first-order valence-electron chi connectivity index (χ1n) is 7.91. The Kier molecular flexibility index (Phi) is 4.79. The molecule has 3 N–H and O–H groups in total. The molecule has 6 nitrogen and oxygen atoms in total. The van der Waals surface area contributed by atoms with Crippen LogP contribution in [-0.2, 0) is 16.0 Å². The third kappa shape index (κ3) is 3.61. The molecule has 0 aliphatic carbocycles. The van der Waals surface area contributed by atoms with E-state index in [0.29, 0.717) is 16.6 Å². The number of ketones is 1. The Labute approximate surface area is 148 Å². The van der Waals surface area contributed by atoms with Crippen molar-refractivity contribution in [3.63, 3.8) is 0 Å². The molecular weight excluding hydrogens is 337 g/mol. The SMILES string of the molecule is Cc1[nH]c2ccccc2c1C(=O)C(=O)NNC(=O)Cc1ccc(F)cc1. The maximum absolute atomic E-state index is 12.8. The van der Waals surface area contributed by atoms with Gasteiger partial charge in [-0.15, -0.1) is 0 Å². The number of hydrazine groups is 1. The third-order valence-electron chi connectivity index (χ3n) is 3.92. The van der Waals surface area contributed by atoms with E-state index in [1.54, 1.807) is 19.1 Å². The number of benzene rings is 2. The number of aromatic amines is 1. The van der Waals surface area contributed by atoms with Crippen molar-refractivity contribution in [3.05, 3.63) is 71.2 Å². The van der Waals surface area contributed by atoms with Gasteiger partial charge >= 0.3 is 5.91 Å². The molecule has 2 aromatic carbocycles. The lowest BCUT2D eigenvalue weighted by Crippen LogP contribution is -2.45. The smallest absolute Gasteiger partial charge is 0.310 e. The van der Waals surface area contributed by atoms with Gasteiger partial charge in [0.25, 0.3) is 5.78 Å². The van der Waals surface area contributed by atoms with Crippen LogP contribution < -0.4 is 10.9 Å². The van der Waals surface area contributed by atoms with Crippen LogP contribution >= 0.6 is 0 Å². The molecule has 0 atom stereocenters. The van der Waals surface area contributed by atoms with Gasteiger partial charge in [0.1, 0.15) is 5.82 Å². The molecule has 1 aromatic heterocycles. The molecule has 0 aliphatic heterocycles. The highest BCUT2D eigenvalue weighted by atomic mass is 19.1. The van der Waals surface area contributed by atoms with Crippen LogP contribution in [-0.4, -0.2) is 22.6 Å². The van der Waals surface area contributed by atoms with Crippen molar-refractivity contribution >= 4 is 28.5 Å². The Morgan fingerprint density at radius 3 is 2.42 bits per heavy atom. The van der Waals surface area contributed by atoms with Crippen molar-refractivity contribution in [3.8, 4) is 0 Å². The second kappa shape index (κ2) is 7.18. The van der Waals surface area contributed by atoms with E-state index < -0.39 is 23.4 Å². The monoisotopic (exact) mass is 353 g/mol. The Bertz CT molecular complexity index is 993. The van der Waals surface area contributed by atoms with Crippen molar-refractivity contribution in [2.24, 2.45) is 0 Å². The van der Waals surface area contributed by atoms with E-state index in [1.807, 2.05) is 12.1 Å². The molecule has 0 radical (unpaired) electrons. The maximum Gasteiger partial charge on any atom is 0.310 e. The first kappa shape index (κ1) is 17.3. The zero-order chi connectivity index (χ0) is 18.7. The maximum atomic E-state index is 12.8. The number of aryl methyl sites for hydroxylation is 1. The molecule has 0 saturated carbocycles. The van der Waals surface area contributed by atoms with Gasteiger partial charge in [-0.2, -0.15) is 0 Å². The fraction of sp³-hybridized carbons (Fsp3) is 0.105. The Morgan fingerprint density at radius 1 is 1.00 bits per heavy atom. The molecule has 0 spiro atoms. The molecule has 0 bridgehead atoms. The number of halogens is 1. The minimum Gasteiger partial charge on any atom is -0.358 e. The molecule has 3 aromatic rings. The molecule has 0 aliphatic rings. The van der Waals surface area contributed by atoms with Crippen LogP contribution in [0.15, 0.2) is 48.5 Å². The van der Waals surface area contributed by atoms with Crippen LogP contribution in [0.5, 0.6) is 0 Å². The van der Waals surface area contributed by atoms with E-state index in [9.17, 15) is 18.8 Å². The number of carbonyl (C=O) groups is 3. The summed E-state index contributed by atoms with van der Waals surface area (Å²) in [5.41, 5.74) is 6.49. The molecule has 0 saturated heterocycles. The number of aromatic nitrogens is 1. The predicted molar refractivity (Wildman–Crippen MR) is 93.8 cm³/mol. The lowest BCUT2D eigenvalue weighted by molar-refractivity contribution is -0.126. The third-order valence-corrected chi connectivity index (χ3v) is 3.92. The van der Waals surface area contributed by atoms with Crippen LogP contribution in [0, 0.1) is 12.7 Å². The van der Waals surface area contributed by atoms with Gasteiger partial charge in [-0.05, 0) is 30.7 Å². The predicted octanol–water partition coefficient (Wildman–Crippen LogP) is 2.19. The normalized spacial score (nSPS) is 10.5. The van der Waals surface area contributed by atoms with Gasteiger partial charge in [0.05, 0.1) is 12.0 Å². The number of amides is 2. The van der Waals surface area contributed by atoms with Crippen LogP contribution in [0.1, 0.15) is 21.6 Å². The number of para-hydroxylation sites is 1. The second-order valence-corrected chi connectivity index (χ2v) is 5.81. The summed E-state index contributed by atoms with van der Waals surface area (Å²) >= 11 is 0. The van der Waals surface area contributed by atoms with E-state index >= 15 is 0 Å². The molecule has 2 amide bonds. The Balaban J connectivity index is 1.64. The second-order valence-electron chi connectivity index (χ2n) is 5.81. The van der Waals surface area contributed by atoms with E-state index in [1.165, 1.54) is 24.3 Å². The van der Waals surface area contributed by atoms with Crippen molar-refractivity contribution in [2.75, 3.05) is 0 Å². The molecule has 26 heavy (non-hydrogen) atoms. The highest BCUT2D eigenvalue weighted by Gasteiger charge is 2.22. The number of nitrogens with one attached hydrogen (secondary N) is 3. The van der Waals surface area contributed by atoms with E-state index in [2.05, 4.69) is 15.8 Å². The molecule has 0 unspecified atom stereocenters. The van der Waals surface area contributed by atoms with Crippen LogP contribution in [0.25, 0.3) is 10.9 Å². The van der Waals surface area contributed by atoms with Crippen molar-refractivity contribution < 1.29 is 18.8 Å². The summed E-state index contributed by atoms with van der Waals surface area (Å²) in [5, 5.41) is 0.641. The van der Waals surface area contributed by atoms with Crippen LogP contribution in [0.2, 0.25) is 0 Å². The van der Waals surface area contributed by atoms with Crippen molar-refractivity contribution in [2.45, 2.75) is 13.3 Å². The summed E-state index contributed by atoms with van der Waals surface area (Å²) in [6, 6.07) is 12.6. The van der Waals surface area contributed by atoms with Gasteiger partial charge in [0.15, 0.2) is 0 Å². The number of Topliss-reactive ketones (excluding diaryl/α,β-unsaturated/α-hetero) is 1. The number of fused-ring (bicyclic) bond motifs is 1. The number of carbonyl (C=O) groups excluding carboxylic acids is 3. The fourth-order valence-corrected chi connectivity index (χ4v) is 2.70. The van der Waals surface area contributed by atoms with Gasteiger partial charge in [-0.1, -0.05) is 30.3 Å². The average molecular weight is 353 g/mol. The van der Waals surface area contributed by atoms with Gasteiger partial charge in [0, 0.05) is 16.6 Å². The molecule has 1 heterocycles. The zero-order valence-electron chi connectivity index (χ0n) is 13.9. The number of rotatable bonds is 4. The van der Waals surface area contributed by atoms with Gasteiger partial charge in [-0.3, -0.25) is 25.2 Å². The summed E-state index contributed by atoms with van der Waals surface area (Å²) in [4.78, 5) is 39.4. The summed E-state index contributed by atoms with van der Waals surface area (Å²) in [7, 11) is 0. The summed E-state index contributed by atoms with van der Waals surface area (Å²) in [5.74, 6) is -2.61. The van der Waals surface area contributed by atoms with E-state index in [-0.39, 0.29) is 12.0 Å². The van der Waals surface area contributed by atoms with Crippen LogP contribution in [0.4, 0.5) is 4.39 Å². The molecule has 132 valence electrons. The largest absolute Gasteiger partial charge is 0.358 e. The lowest BCUT2D eigenvalue weighted by atomic mass is 10.1. The first-order valence-corrected chi connectivity index (χ1v) is 7.91.